The van der Waals surface area contributed by atoms with Gasteiger partial charge in [-0.2, -0.15) is 5.10 Å². The van der Waals surface area contributed by atoms with Crippen LogP contribution in [0.2, 0.25) is 0 Å². The number of hydrogen-bond donors (Lipinski definition) is 2. The van der Waals surface area contributed by atoms with Crippen LogP contribution in [-0.4, -0.2) is 27.0 Å². The van der Waals surface area contributed by atoms with E-state index >= 15 is 0 Å². The fourth-order valence-electron chi connectivity index (χ4n) is 2.03. The maximum absolute atomic E-state index is 9.59. The highest BCUT2D eigenvalue weighted by Crippen LogP contribution is 2.40. The number of rotatable bonds is 3. The van der Waals surface area contributed by atoms with Crippen LogP contribution in [-0.2, 0) is 13.6 Å². The molecule has 0 amide bonds. The van der Waals surface area contributed by atoms with Gasteiger partial charge in [-0.05, 0) is 12.5 Å². The number of aryl methyl sites for hydroxylation is 1. The zero-order valence-corrected chi connectivity index (χ0v) is 9.57. The number of aromatic nitrogens is 2. The molecule has 0 spiro atoms. The Kier molecular flexibility index (Phi) is 2.56. The average Bonchev–Trinajstić information content (AvgIpc) is 2.58. The van der Waals surface area contributed by atoms with Crippen molar-refractivity contribution in [3.8, 4) is 0 Å². The molecule has 0 saturated heterocycles. The Labute approximate surface area is 90.3 Å². The van der Waals surface area contributed by atoms with Gasteiger partial charge in [0, 0.05) is 31.2 Å². The van der Waals surface area contributed by atoms with Gasteiger partial charge in [-0.15, -0.1) is 0 Å². The van der Waals surface area contributed by atoms with Gasteiger partial charge in [-0.1, -0.05) is 13.8 Å². The molecular weight excluding hydrogens is 190 g/mol. The summed E-state index contributed by atoms with van der Waals surface area (Å²) in [5.41, 5.74) is 1.05. The normalized spacial score (nSPS) is 28.8. The molecule has 2 N–H and O–H groups in total. The fraction of sp³-hybridized carbons (Fsp3) is 0.727. The van der Waals surface area contributed by atoms with Gasteiger partial charge in [0.15, 0.2) is 0 Å². The zero-order valence-electron chi connectivity index (χ0n) is 9.57. The lowest BCUT2D eigenvalue weighted by atomic mass is 9.64. The number of aliphatic hydroxyl groups excluding tert-OH is 1. The molecule has 1 aromatic rings. The minimum Gasteiger partial charge on any atom is -0.392 e. The second kappa shape index (κ2) is 3.61. The van der Waals surface area contributed by atoms with Crippen molar-refractivity contribution in [3.05, 3.63) is 18.0 Å². The summed E-state index contributed by atoms with van der Waals surface area (Å²) in [5.74, 6) is 0. The monoisotopic (exact) mass is 209 g/mol. The third-order valence-electron chi connectivity index (χ3n) is 3.51. The second-order valence-corrected chi connectivity index (χ2v) is 4.99. The standard InChI is InChI=1S/C11H19N3O/c1-11(2)9(6-10(11)15)12-7-8-4-5-14(3)13-8/h4-5,9-10,12,15H,6-7H2,1-3H3. The summed E-state index contributed by atoms with van der Waals surface area (Å²) in [4.78, 5) is 0. The molecule has 0 bridgehead atoms. The van der Waals surface area contributed by atoms with Gasteiger partial charge in [0.2, 0.25) is 0 Å². The lowest BCUT2D eigenvalue weighted by molar-refractivity contribution is -0.0730. The highest BCUT2D eigenvalue weighted by molar-refractivity contribution is 5.04. The van der Waals surface area contributed by atoms with Gasteiger partial charge in [-0.3, -0.25) is 4.68 Å². The Morgan fingerprint density at radius 2 is 2.40 bits per heavy atom. The molecule has 0 aliphatic heterocycles. The molecule has 84 valence electrons. The summed E-state index contributed by atoms with van der Waals surface area (Å²) >= 11 is 0. The van der Waals surface area contributed by atoms with E-state index in [2.05, 4.69) is 24.3 Å². The molecule has 4 heteroatoms. The van der Waals surface area contributed by atoms with Gasteiger partial charge in [0.05, 0.1) is 11.8 Å². The topological polar surface area (TPSA) is 50.1 Å². The number of nitrogens with zero attached hydrogens (tertiary/aromatic N) is 2. The molecule has 1 aliphatic carbocycles. The summed E-state index contributed by atoms with van der Waals surface area (Å²) in [6, 6.07) is 2.41. The van der Waals surface area contributed by atoms with E-state index in [0.29, 0.717) is 6.04 Å². The first-order valence-electron chi connectivity index (χ1n) is 5.40. The summed E-state index contributed by atoms with van der Waals surface area (Å²) in [7, 11) is 1.92. The lowest BCUT2D eigenvalue weighted by Gasteiger charge is -2.49. The average molecular weight is 209 g/mol. The van der Waals surface area contributed by atoms with Crippen molar-refractivity contribution >= 4 is 0 Å². The van der Waals surface area contributed by atoms with Gasteiger partial charge in [-0.25, -0.2) is 0 Å². The van der Waals surface area contributed by atoms with E-state index < -0.39 is 0 Å². The van der Waals surface area contributed by atoms with Gasteiger partial charge >= 0.3 is 0 Å². The first-order chi connectivity index (χ1) is 7.00. The molecule has 0 radical (unpaired) electrons. The Morgan fingerprint density at radius 3 is 2.87 bits per heavy atom. The van der Waals surface area contributed by atoms with Crippen molar-refractivity contribution in [1.82, 2.24) is 15.1 Å². The van der Waals surface area contributed by atoms with E-state index in [9.17, 15) is 5.11 Å². The molecule has 4 nitrogen and oxygen atoms in total. The number of hydrogen-bond acceptors (Lipinski definition) is 3. The third kappa shape index (κ3) is 1.92. The second-order valence-electron chi connectivity index (χ2n) is 4.99. The fourth-order valence-corrected chi connectivity index (χ4v) is 2.03. The van der Waals surface area contributed by atoms with E-state index in [4.69, 9.17) is 0 Å². The van der Waals surface area contributed by atoms with Crippen molar-refractivity contribution in [2.24, 2.45) is 12.5 Å². The van der Waals surface area contributed by atoms with E-state index in [-0.39, 0.29) is 11.5 Å². The van der Waals surface area contributed by atoms with Crippen LogP contribution in [0.15, 0.2) is 12.3 Å². The van der Waals surface area contributed by atoms with E-state index in [1.165, 1.54) is 0 Å². The van der Waals surface area contributed by atoms with Crippen LogP contribution >= 0.6 is 0 Å². The van der Waals surface area contributed by atoms with E-state index in [0.717, 1.165) is 18.7 Å². The highest BCUT2D eigenvalue weighted by Gasteiger charge is 2.46. The summed E-state index contributed by atoms with van der Waals surface area (Å²) < 4.78 is 1.80. The van der Waals surface area contributed by atoms with Crippen molar-refractivity contribution in [1.29, 1.82) is 0 Å². The van der Waals surface area contributed by atoms with Crippen LogP contribution in [0, 0.1) is 5.41 Å². The molecule has 1 saturated carbocycles. The Bertz CT molecular complexity index is 345. The number of nitrogens with one attached hydrogen (secondary N) is 1. The summed E-state index contributed by atoms with van der Waals surface area (Å²) in [6.45, 7) is 4.97. The predicted molar refractivity (Wildman–Crippen MR) is 58.2 cm³/mol. The van der Waals surface area contributed by atoms with Crippen LogP contribution < -0.4 is 5.32 Å². The van der Waals surface area contributed by atoms with Crippen molar-refractivity contribution in [2.45, 2.75) is 39.0 Å². The van der Waals surface area contributed by atoms with Crippen LogP contribution in [0.25, 0.3) is 0 Å². The van der Waals surface area contributed by atoms with Crippen molar-refractivity contribution in [3.63, 3.8) is 0 Å². The van der Waals surface area contributed by atoms with Crippen molar-refractivity contribution < 1.29 is 5.11 Å². The minimum atomic E-state index is -0.168. The van der Waals surface area contributed by atoms with Crippen LogP contribution in [0.4, 0.5) is 0 Å². The summed E-state index contributed by atoms with van der Waals surface area (Å²) in [6.07, 6.45) is 2.62. The molecule has 2 unspecified atom stereocenters. The lowest BCUT2D eigenvalue weighted by Crippen LogP contribution is -2.59. The predicted octanol–water partition coefficient (Wildman–Crippen LogP) is 0.669. The SMILES string of the molecule is Cn1ccc(CNC2CC(O)C2(C)C)n1. The van der Waals surface area contributed by atoms with Gasteiger partial charge in [0.1, 0.15) is 0 Å². The van der Waals surface area contributed by atoms with Crippen LogP contribution in [0.3, 0.4) is 0 Å². The van der Waals surface area contributed by atoms with Crippen molar-refractivity contribution in [2.75, 3.05) is 0 Å². The molecular formula is C11H19N3O. The minimum absolute atomic E-state index is 0.00518. The Morgan fingerprint density at radius 1 is 1.67 bits per heavy atom. The largest absolute Gasteiger partial charge is 0.392 e. The summed E-state index contributed by atoms with van der Waals surface area (Å²) in [5, 5.41) is 17.3. The van der Waals surface area contributed by atoms with E-state index in [1.54, 1.807) is 4.68 Å². The van der Waals surface area contributed by atoms with Crippen LogP contribution in [0.1, 0.15) is 26.0 Å². The maximum Gasteiger partial charge on any atom is 0.0762 e. The Hall–Kier alpha value is -0.870. The molecule has 1 aliphatic rings. The maximum atomic E-state index is 9.59. The molecule has 1 heterocycles. The van der Waals surface area contributed by atoms with Crippen LogP contribution in [0.5, 0.6) is 0 Å². The number of aliphatic hydroxyl groups is 1. The van der Waals surface area contributed by atoms with Gasteiger partial charge < -0.3 is 10.4 Å². The molecule has 15 heavy (non-hydrogen) atoms. The Balaban J connectivity index is 1.85. The molecule has 0 aromatic carbocycles. The first kappa shape index (κ1) is 10.6. The first-order valence-corrected chi connectivity index (χ1v) is 5.40. The zero-order chi connectivity index (χ0) is 11.1. The highest BCUT2D eigenvalue weighted by atomic mass is 16.3. The molecule has 1 fully saturated rings. The third-order valence-corrected chi connectivity index (χ3v) is 3.51. The quantitative estimate of drug-likeness (QED) is 0.769. The molecule has 2 rings (SSSR count). The molecule has 2 atom stereocenters. The smallest absolute Gasteiger partial charge is 0.0762 e. The van der Waals surface area contributed by atoms with Gasteiger partial charge in [0.25, 0.3) is 0 Å². The van der Waals surface area contributed by atoms with E-state index in [1.807, 2.05) is 19.3 Å². The molecule has 1 aromatic heterocycles.